The van der Waals surface area contributed by atoms with Crippen LogP contribution in [-0.2, 0) is 14.8 Å². The highest BCUT2D eigenvalue weighted by Gasteiger charge is 2.27. The lowest BCUT2D eigenvalue weighted by Crippen LogP contribution is -2.37. The van der Waals surface area contributed by atoms with Crippen LogP contribution in [0.5, 0.6) is 0 Å². The SMILES string of the molecule is CC(C)NC(=O)CCNC(=O)c1cc(S(=O)(=O)N2CCSCC2)c[nH]1. The largest absolute Gasteiger partial charge is 0.356 e. The van der Waals surface area contributed by atoms with E-state index >= 15 is 0 Å². The van der Waals surface area contributed by atoms with Crippen molar-refractivity contribution in [2.24, 2.45) is 0 Å². The highest BCUT2D eigenvalue weighted by molar-refractivity contribution is 7.99. The molecule has 8 nitrogen and oxygen atoms in total. The van der Waals surface area contributed by atoms with E-state index in [1.54, 1.807) is 11.8 Å². The van der Waals surface area contributed by atoms with Crippen LogP contribution in [0.25, 0.3) is 0 Å². The van der Waals surface area contributed by atoms with Gasteiger partial charge >= 0.3 is 0 Å². The van der Waals surface area contributed by atoms with Gasteiger partial charge in [0.25, 0.3) is 5.91 Å². The summed E-state index contributed by atoms with van der Waals surface area (Å²) in [5, 5.41) is 5.34. The standard InChI is InChI=1S/C15H24N4O4S2/c1-11(2)18-14(20)3-4-16-15(21)13-9-12(10-17-13)25(22,23)19-5-7-24-8-6-19/h9-11,17H,3-8H2,1-2H3,(H,16,21)(H,18,20). The number of carbonyl (C=O) groups excluding carboxylic acids is 2. The van der Waals surface area contributed by atoms with E-state index in [1.807, 2.05) is 13.8 Å². The number of rotatable bonds is 7. The Hall–Kier alpha value is -1.52. The number of aromatic amines is 1. The molecule has 0 bridgehead atoms. The lowest BCUT2D eigenvalue weighted by molar-refractivity contribution is -0.121. The zero-order chi connectivity index (χ0) is 18.4. The molecule has 0 aliphatic carbocycles. The third-order valence-corrected chi connectivity index (χ3v) is 6.42. The van der Waals surface area contributed by atoms with Crippen LogP contribution >= 0.6 is 11.8 Å². The van der Waals surface area contributed by atoms with Gasteiger partial charge in [0.15, 0.2) is 0 Å². The fourth-order valence-electron chi connectivity index (χ4n) is 2.37. The zero-order valence-corrected chi connectivity index (χ0v) is 16.0. The summed E-state index contributed by atoms with van der Waals surface area (Å²) in [5.41, 5.74) is 0.161. The number of amides is 2. The summed E-state index contributed by atoms with van der Waals surface area (Å²) in [7, 11) is -3.58. The first-order valence-electron chi connectivity index (χ1n) is 8.14. The van der Waals surface area contributed by atoms with E-state index in [9.17, 15) is 18.0 Å². The van der Waals surface area contributed by atoms with Crippen molar-refractivity contribution in [3.05, 3.63) is 18.0 Å². The highest BCUT2D eigenvalue weighted by atomic mass is 32.2. The molecule has 1 aliphatic rings. The Morgan fingerprint density at radius 2 is 2.00 bits per heavy atom. The fraction of sp³-hybridized carbons (Fsp3) is 0.600. The van der Waals surface area contributed by atoms with Gasteiger partial charge in [-0.15, -0.1) is 0 Å². The Labute approximate surface area is 152 Å². The molecule has 0 spiro atoms. The first-order valence-corrected chi connectivity index (χ1v) is 10.7. The average molecular weight is 389 g/mol. The summed E-state index contributed by atoms with van der Waals surface area (Å²) in [6.07, 6.45) is 1.50. The Morgan fingerprint density at radius 1 is 1.32 bits per heavy atom. The Morgan fingerprint density at radius 3 is 2.64 bits per heavy atom. The number of nitrogens with one attached hydrogen (secondary N) is 3. The first kappa shape index (κ1) is 19.8. The van der Waals surface area contributed by atoms with Crippen molar-refractivity contribution in [1.29, 1.82) is 0 Å². The van der Waals surface area contributed by atoms with Gasteiger partial charge in [0.1, 0.15) is 10.6 Å². The van der Waals surface area contributed by atoms with Crippen molar-refractivity contribution in [3.63, 3.8) is 0 Å². The van der Waals surface area contributed by atoms with Crippen molar-refractivity contribution in [1.82, 2.24) is 19.9 Å². The lowest BCUT2D eigenvalue weighted by atomic mass is 10.3. The number of nitrogens with zero attached hydrogens (tertiary/aromatic N) is 1. The van der Waals surface area contributed by atoms with Gasteiger partial charge in [-0.05, 0) is 19.9 Å². The van der Waals surface area contributed by atoms with Gasteiger partial charge in [-0.2, -0.15) is 16.1 Å². The third-order valence-electron chi connectivity index (χ3n) is 3.60. The number of H-pyrrole nitrogens is 1. The molecule has 25 heavy (non-hydrogen) atoms. The van der Waals surface area contributed by atoms with E-state index in [4.69, 9.17) is 0 Å². The quantitative estimate of drug-likeness (QED) is 0.626. The molecular formula is C15H24N4O4S2. The number of hydrogen-bond donors (Lipinski definition) is 3. The fourth-order valence-corrected chi connectivity index (χ4v) is 4.94. The van der Waals surface area contributed by atoms with Crippen LogP contribution in [0.3, 0.4) is 0 Å². The normalized spacial score (nSPS) is 16.0. The molecule has 2 amide bonds. The van der Waals surface area contributed by atoms with Crippen LogP contribution in [0.2, 0.25) is 0 Å². The maximum atomic E-state index is 12.5. The molecule has 0 atom stereocenters. The minimum atomic E-state index is -3.58. The smallest absolute Gasteiger partial charge is 0.267 e. The van der Waals surface area contributed by atoms with Gasteiger partial charge in [0, 0.05) is 49.8 Å². The molecule has 2 rings (SSSR count). The summed E-state index contributed by atoms with van der Waals surface area (Å²) in [6.45, 7) is 4.86. The summed E-state index contributed by atoms with van der Waals surface area (Å²) < 4.78 is 26.5. The van der Waals surface area contributed by atoms with E-state index in [1.165, 1.54) is 16.6 Å². The number of aromatic nitrogens is 1. The third kappa shape index (κ3) is 5.48. The summed E-state index contributed by atoms with van der Waals surface area (Å²) in [6, 6.07) is 1.38. The van der Waals surface area contributed by atoms with E-state index in [0.717, 1.165) is 11.5 Å². The van der Waals surface area contributed by atoms with Crippen LogP contribution in [0.1, 0.15) is 30.8 Å². The molecule has 1 aromatic rings. The van der Waals surface area contributed by atoms with Crippen LogP contribution in [0.15, 0.2) is 17.2 Å². The van der Waals surface area contributed by atoms with Crippen molar-refractivity contribution in [3.8, 4) is 0 Å². The van der Waals surface area contributed by atoms with Crippen LogP contribution in [0.4, 0.5) is 0 Å². The molecule has 140 valence electrons. The van der Waals surface area contributed by atoms with Gasteiger partial charge < -0.3 is 15.6 Å². The molecule has 1 aliphatic heterocycles. The number of thioether (sulfide) groups is 1. The molecule has 0 unspecified atom stereocenters. The van der Waals surface area contributed by atoms with E-state index in [-0.39, 0.29) is 35.5 Å². The highest BCUT2D eigenvalue weighted by Crippen LogP contribution is 2.20. The molecule has 0 aromatic carbocycles. The second-order valence-corrected chi connectivity index (χ2v) is 9.16. The van der Waals surface area contributed by atoms with Crippen molar-refractivity contribution in [2.45, 2.75) is 31.2 Å². The van der Waals surface area contributed by atoms with Gasteiger partial charge in [-0.3, -0.25) is 9.59 Å². The number of carbonyl (C=O) groups is 2. The number of hydrogen-bond acceptors (Lipinski definition) is 5. The maximum absolute atomic E-state index is 12.5. The second kappa shape index (κ2) is 8.72. The van der Waals surface area contributed by atoms with Gasteiger partial charge in [0.05, 0.1) is 0 Å². The Balaban J connectivity index is 1.91. The minimum absolute atomic E-state index is 0.0487. The van der Waals surface area contributed by atoms with Gasteiger partial charge in [-0.1, -0.05) is 0 Å². The van der Waals surface area contributed by atoms with Crippen molar-refractivity contribution >= 4 is 33.6 Å². The molecule has 10 heteroatoms. The van der Waals surface area contributed by atoms with E-state index in [2.05, 4.69) is 15.6 Å². The molecule has 1 fully saturated rings. The van der Waals surface area contributed by atoms with Crippen molar-refractivity contribution < 1.29 is 18.0 Å². The average Bonchev–Trinajstić information content (AvgIpc) is 3.05. The molecule has 0 radical (unpaired) electrons. The Bertz CT molecular complexity index is 709. The zero-order valence-electron chi connectivity index (χ0n) is 14.4. The molecule has 1 saturated heterocycles. The van der Waals surface area contributed by atoms with Gasteiger partial charge in [-0.25, -0.2) is 8.42 Å². The summed E-state index contributed by atoms with van der Waals surface area (Å²) in [5.74, 6) is 0.964. The predicted octanol–water partition coefficient (Wildman–Crippen LogP) is 0.397. The summed E-state index contributed by atoms with van der Waals surface area (Å²) in [4.78, 5) is 26.4. The second-order valence-electron chi connectivity index (χ2n) is 5.99. The molecule has 1 aromatic heterocycles. The maximum Gasteiger partial charge on any atom is 0.267 e. The Kier molecular flexibility index (Phi) is 6.91. The molecule has 0 saturated carbocycles. The minimum Gasteiger partial charge on any atom is -0.356 e. The van der Waals surface area contributed by atoms with Crippen LogP contribution < -0.4 is 10.6 Å². The molecule has 3 N–H and O–H groups in total. The molecular weight excluding hydrogens is 364 g/mol. The van der Waals surface area contributed by atoms with Crippen molar-refractivity contribution in [2.75, 3.05) is 31.1 Å². The topological polar surface area (TPSA) is 111 Å². The monoisotopic (exact) mass is 388 g/mol. The predicted molar refractivity (Wildman–Crippen MR) is 97.1 cm³/mol. The van der Waals surface area contributed by atoms with Crippen LogP contribution in [0, 0.1) is 0 Å². The number of sulfonamides is 1. The first-order chi connectivity index (χ1) is 11.8. The van der Waals surface area contributed by atoms with E-state index in [0.29, 0.717) is 13.1 Å². The summed E-state index contributed by atoms with van der Waals surface area (Å²) >= 11 is 1.72. The molecule has 2 heterocycles. The van der Waals surface area contributed by atoms with Gasteiger partial charge in [0.2, 0.25) is 15.9 Å². The van der Waals surface area contributed by atoms with Crippen LogP contribution in [-0.4, -0.2) is 66.7 Å². The lowest BCUT2D eigenvalue weighted by Gasteiger charge is -2.24. The van der Waals surface area contributed by atoms with E-state index < -0.39 is 15.9 Å².